The molecule has 1 aromatic rings. The van der Waals surface area contributed by atoms with E-state index >= 15 is 0 Å². The van der Waals surface area contributed by atoms with Crippen molar-refractivity contribution in [1.29, 1.82) is 0 Å². The van der Waals surface area contributed by atoms with Crippen molar-refractivity contribution >= 4 is 29.5 Å². The first-order chi connectivity index (χ1) is 8.63. The molecule has 2 N–H and O–H groups in total. The number of hydrogen-bond acceptors (Lipinski definition) is 5. The molecule has 0 aliphatic heterocycles. The lowest BCUT2D eigenvalue weighted by Gasteiger charge is -2.04. The fourth-order valence-electron chi connectivity index (χ4n) is 1.11. The first kappa shape index (κ1) is 14.5. The molecular weight excluding hydrogens is 256 g/mol. The number of carbonyl (C=O) groups is 2. The van der Waals surface area contributed by atoms with Gasteiger partial charge >= 0.3 is 5.97 Å². The summed E-state index contributed by atoms with van der Waals surface area (Å²) < 4.78 is 4.85. The van der Waals surface area contributed by atoms with Crippen molar-refractivity contribution in [3.8, 4) is 0 Å². The number of anilines is 1. The van der Waals surface area contributed by atoms with Gasteiger partial charge in [0.15, 0.2) is 5.69 Å². The maximum atomic E-state index is 11.5. The summed E-state index contributed by atoms with van der Waals surface area (Å²) in [5.41, 5.74) is -0.0974. The topological polar surface area (TPSA) is 88.5 Å². The van der Waals surface area contributed by atoms with Gasteiger partial charge in [-0.25, -0.2) is 9.78 Å². The van der Waals surface area contributed by atoms with Crippen molar-refractivity contribution < 1.29 is 19.4 Å². The second kappa shape index (κ2) is 7.67. The lowest BCUT2D eigenvalue weighted by Crippen LogP contribution is -2.16. The van der Waals surface area contributed by atoms with Gasteiger partial charge in [-0.15, -0.1) is 11.8 Å². The fourth-order valence-corrected chi connectivity index (χ4v) is 1.80. The van der Waals surface area contributed by atoms with Crippen molar-refractivity contribution in [2.45, 2.75) is 0 Å². The summed E-state index contributed by atoms with van der Waals surface area (Å²) in [6.07, 6.45) is 0. The van der Waals surface area contributed by atoms with Crippen molar-refractivity contribution in [2.75, 3.05) is 30.5 Å². The summed E-state index contributed by atoms with van der Waals surface area (Å²) in [6, 6.07) is 4.44. The Morgan fingerprint density at radius 3 is 2.94 bits per heavy atom. The molecule has 1 rings (SSSR count). The van der Waals surface area contributed by atoms with E-state index in [0.29, 0.717) is 6.61 Å². The van der Waals surface area contributed by atoms with Crippen LogP contribution in [0, 0.1) is 0 Å². The van der Waals surface area contributed by atoms with Crippen LogP contribution in [0.25, 0.3) is 0 Å². The van der Waals surface area contributed by atoms with Gasteiger partial charge in [-0.1, -0.05) is 6.07 Å². The van der Waals surface area contributed by atoms with Gasteiger partial charge < -0.3 is 15.2 Å². The molecule has 18 heavy (non-hydrogen) atoms. The minimum absolute atomic E-state index is 0.0974. The molecule has 1 heterocycles. The number of methoxy groups -OCH3 is 1. The summed E-state index contributed by atoms with van der Waals surface area (Å²) in [5.74, 6) is -0.0894. The molecule has 0 unspecified atom stereocenters. The van der Waals surface area contributed by atoms with E-state index in [4.69, 9.17) is 9.84 Å². The molecule has 6 nitrogen and oxygen atoms in total. The average Bonchev–Trinajstić information content (AvgIpc) is 2.35. The van der Waals surface area contributed by atoms with Crippen LogP contribution in [0.2, 0.25) is 0 Å². The zero-order valence-corrected chi connectivity index (χ0v) is 10.7. The third-order valence-corrected chi connectivity index (χ3v) is 2.82. The lowest BCUT2D eigenvalue weighted by molar-refractivity contribution is -0.113. The van der Waals surface area contributed by atoms with Crippen molar-refractivity contribution in [3.63, 3.8) is 0 Å². The Morgan fingerprint density at radius 2 is 2.28 bits per heavy atom. The number of ether oxygens (including phenoxy) is 1. The molecule has 0 fully saturated rings. The molecule has 0 saturated heterocycles. The highest BCUT2D eigenvalue weighted by atomic mass is 32.2. The number of amides is 1. The van der Waals surface area contributed by atoms with E-state index in [1.807, 2.05) is 0 Å². The van der Waals surface area contributed by atoms with Crippen LogP contribution in [-0.2, 0) is 9.53 Å². The Labute approximate surface area is 109 Å². The molecule has 1 aromatic heterocycles. The molecule has 7 heteroatoms. The van der Waals surface area contributed by atoms with E-state index in [1.165, 1.54) is 23.9 Å². The van der Waals surface area contributed by atoms with Gasteiger partial charge in [0.1, 0.15) is 5.82 Å². The monoisotopic (exact) mass is 270 g/mol. The van der Waals surface area contributed by atoms with E-state index in [2.05, 4.69) is 10.3 Å². The predicted molar refractivity (Wildman–Crippen MR) is 69.0 cm³/mol. The molecule has 0 aliphatic carbocycles. The van der Waals surface area contributed by atoms with Gasteiger partial charge in [-0.2, -0.15) is 0 Å². The maximum Gasteiger partial charge on any atom is 0.354 e. The molecule has 1 amide bonds. The molecule has 98 valence electrons. The van der Waals surface area contributed by atoms with Gasteiger partial charge in [0, 0.05) is 12.9 Å². The van der Waals surface area contributed by atoms with Gasteiger partial charge in [-0.3, -0.25) is 4.79 Å². The smallest absolute Gasteiger partial charge is 0.354 e. The average molecular weight is 270 g/mol. The number of nitrogens with zero attached hydrogens (tertiary/aromatic N) is 1. The number of rotatable bonds is 7. The number of nitrogens with one attached hydrogen (secondary N) is 1. The number of hydrogen-bond donors (Lipinski definition) is 2. The number of carboxylic acids is 1. The third-order valence-electron chi connectivity index (χ3n) is 1.90. The zero-order chi connectivity index (χ0) is 13.4. The van der Waals surface area contributed by atoms with Crippen LogP contribution in [0.4, 0.5) is 5.82 Å². The number of aromatic carboxylic acids is 1. The summed E-state index contributed by atoms with van der Waals surface area (Å²) in [6.45, 7) is 0.588. The van der Waals surface area contributed by atoms with Crippen molar-refractivity contribution in [3.05, 3.63) is 23.9 Å². The van der Waals surface area contributed by atoms with E-state index in [0.717, 1.165) is 5.75 Å². The number of carbonyl (C=O) groups excluding carboxylic acids is 1. The van der Waals surface area contributed by atoms with Crippen molar-refractivity contribution in [1.82, 2.24) is 4.98 Å². The molecule has 0 bridgehead atoms. The highest BCUT2D eigenvalue weighted by Crippen LogP contribution is 2.06. The van der Waals surface area contributed by atoms with E-state index in [1.54, 1.807) is 13.2 Å². The quantitative estimate of drug-likeness (QED) is 0.721. The number of pyridine rings is 1. The summed E-state index contributed by atoms with van der Waals surface area (Å²) >= 11 is 1.43. The summed E-state index contributed by atoms with van der Waals surface area (Å²) in [7, 11) is 1.60. The molecule has 0 saturated carbocycles. The molecule has 0 radical (unpaired) electrons. The molecule has 0 aliphatic rings. The largest absolute Gasteiger partial charge is 0.477 e. The molecular formula is C11H14N2O4S. The third kappa shape index (κ3) is 5.15. The van der Waals surface area contributed by atoms with Crippen LogP contribution >= 0.6 is 11.8 Å². The van der Waals surface area contributed by atoms with Gasteiger partial charge in [-0.05, 0) is 12.1 Å². The van der Waals surface area contributed by atoms with E-state index in [-0.39, 0.29) is 23.2 Å². The number of aromatic nitrogens is 1. The maximum absolute atomic E-state index is 11.5. The van der Waals surface area contributed by atoms with Crippen LogP contribution < -0.4 is 5.32 Å². The van der Waals surface area contributed by atoms with Gasteiger partial charge in [0.2, 0.25) is 5.91 Å². The van der Waals surface area contributed by atoms with Gasteiger partial charge in [0.05, 0.1) is 12.4 Å². The second-order valence-electron chi connectivity index (χ2n) is 3.31. The fraction of sp³-hybridized carbons (Fsp3) is 0.364. The summed E-state index contributed by atoms with van der Waals surface area (Å²) in [5, 5.41) is 11.3. The van der Waals surface area contributed by atoms with E-state index < -0.39 is 5.97 Å². The SMILES string of the molecule is COCCSCC(=O)Nc1cccc(C(=O)O)n1. The Hall–Kier alpha value is -1.60. The number of carboxylic acid groups (broad SMARTS) is 1. The minimum atomic E-state index is -1.12. The van der Waals surface area contributed by atoms with Crippen molar-refractivity contribution in [2.24, 2.45) is 0 Å². The second-order valence-corrected chi connectivity index (χ2v) is 4.41. The minimum Gasteiger partial charge on any atom is -0.477 e. The van der Waals surface area contributed by atoms with Crippen LogP contribution in [0.15, 0.2) is 18.2 Å². The molecule has 0 atom stereocenters. The predicted octanol–water partition coefficient (Wildman–Crippen LogP) is 1.10. The highest BCUT2D eigenvalue weighted by Gasteiger charge is 2.07. The Morgan fingerprint density at radius 1 is 1.50 bits per heavy atom. The first-order valence-corrected chi connectivity index (χ1v) is 6.36. The zero-order valence-electron chi connectivity index (χ0n) is 9.88. The molecule has 0 aromatic carbocycles. The van der Waals surface area contributed by atoms with E-state index in [9.17, 15) is 9.59 Å². The number of thioether (sulfide) groups is 1. The Bertz CT molecular complexity index is 425. The van der Waals surface area contributed by atoms with Crippen LogP contribution in [-0.4, -0.2) is 47.2 Å². The highest BCUT2D eigenvalue weighted by molar-refractivity contribution is 7.99. The standard InChI is InChI=1S/C11H14N2O4S/c1-17-5-6-18-7-10(14)13-9-4-2-3-8(12-9)11(15)16/h2-4H,5-7H2,1H3,(H,15,16)(H,12,13,14). The van der Waals surface area contributed by atoms with Gasteiger partial charge in [0.25, 0.3) is 0 Å². The lowest BCUT2D eigenvalue weighted by atomic mass is 10.3. The first-order valence-electron chi connectivity index (χ1n) is 5.20. The Kier molecular flexibility index (Phi) is 6.16. The van der Waals surface area contributed by atoms with Crippen LogP contribution in [0.5, 0.6) is 0 Å². The Balaban J connectivity index is 2.44. The summed E-state index contributed by atoms with van der Waals surface area (Å²) in [4.78, 5) is 26.0. The molecule has 0 spiro atoms. The normalized spacial score (nSPS) is 10.1. The van der Waals surface area contributed by atoms with Crippen LogP contribution in [0.3, 0.4) is 0 Å². The van der Waals surface area contributed by atoms with Crippen LogP contribution in [0.1, 0.15) is 10.5 Å².